The van der Waals surface area contributed by atoms with E-state index in [0.29, 0.717) is 5.82 Å². The summed E-state index contributed by atoms with van der Waals surface area (Å²) in [5.74, 6) is 0.520. The standard InChI is InChI=1S/C17H19N5/c1-3-4-14-9-15(7-8-19-14)22-11-16(12(2)21-22)13-5-6-17(18)20-10-13/h5-11H,3-4H2,1-2H3,(H2,18,20). The van der Waals surface area contributed by atoms with Crippen molar-refractivity contribution in [2.24, 2.45) is 0 Å². The number of nitrogen functional groups attached to an aromatic ring is 1. The summed E-state index contributed by atoms with van der Waals surface area (Å²) in [6.07, 6.45) is 7.69. The Balaban J connectivity index is 1.98. The second-order valence-corrected chi connectivity index (χ2v) is 5.30. The highest BCUT2D eigenvalue weighted by Gasteiger charge is 2.09. The maximum Gasteiger partial charge on any atom is 0.123 e. The smallest absolute Gasteiger partial charge is 0.123 e. The van der Waals surface area contributed by atoms with Gasteiger partial charge in [0.2, 0.25) is 0 Å². The van der Waals surface area contributed by atoms with Gasteiger partial charge < -0.3 is 5.73 Å². The third kappa shape index (κ3) is 2.83. The molecular weight excluding hydrogens is 274 g/mol. The lowest BCUT2D eigenvalue weighted by molar-refractivity contribution is 0.839. The second-order valence-electron chi connectivity index (χ2n) is 5.30. The first-order valence-electron chi connectivity index (χ1n) is 7.41. The zero-order valence-corrected chi connectivity index (χ0v) is 12.8. The van der Waals surface area contributed by atoms with E-state index in [9.17, 15) is 0 Å². The Morgan fingerprint density at radius 3 is 2.77 bits per heavy atom. The van der Waals surface area contributed by atoms with E-state index in [-0.39, 0.29) is 0 Å². The maximum atomic E-state index is 5.65. The molecule has 0 saturated heterocycles. The van der Waals surface area contributed by atoms with Gasteiger partial charge in [0.25, 0.3) is 0 Å². The number of pyridine rings is 2. The third-order valence-corrected chi connectivity index (χ3v) is 3.57. The molecule has 5 nitrogen and oxygen atoms in total. The van der Waals surface area contributed by atoms with Crippen molar-refractivity contribution in [3.8, 4) is 16.8 Å². The maximum absolute atomic E-state index is 5.65. The predicted molar refractivity (Wildman–Crippen MR) is 87.7 cm³/mol. The molecule has 0 saturated carbocycles. The van der Waals surface area contributed by atoms with Gasteiger partial charge in [-0.3, -0.25) is 4.98 Å². The van der Waals surface area contributed by atoms with Gasteiger partial charge in [-0.05, 0) is 37.6 Å². The lowest BCUT2D eigenvalue weighted by Gasteiger charge is -2.03. The van der Waals surface area contributed by atoms with Crippen molar-refractivity contribution >= 4 is 5.82 Å². The van der Waals surface area contributed by atoms with Crippen LogP contribution in [-0.2, 0) is 6.42 Å². The fourth-order valence-corrected chi connectivity index (χ4v) is 2.44. The van der Waals surface area contributed by atoms with Gasteiger partial charge in [-0.25, -0.2) is 9.67 Å². The molecular formula is C17H19N5. The minimum Gasteiger partial charge on any atom is -0.384 e. The fraction of sp³-hybridized carbons (Fsp3) is 0.235. The summed E-state index contributed by atoms with van der Waals surface area (Å²) in [5, 5.41) is 4.61. The molecule has 3 heterocycles. The van der Waals surface area contributed by atoms with Gasteiger partial charge in [-0.15, -0.1) is 0 Å². The molecule has 3 aromatic heterocycles. The molecule has 0 radical (unpaired) electrons. The predicted octanol–water partition coefficient (Wildman–Crippen LogP) is 3.17. The molecule has 0 aliphatic heterocycles. The Morgan fingerprint density at radius 2 is 2.05 bits per heavy atom. The minimum absolute atomic E-state index is 0.520. The van der Waals surface area contributed by atoms with Crippen LogP contribution in [0.15, 0.2) is 42.9 Å². The van der Waals surface area contributed by atoms with E-state index in [4.69, 9.17) is 5.73 Å². The van der Waals surface area contributed by atoms with Gasteiger partial charge in [0.1, 0.15) is 5.82 Å². The van der Waals surface area contributed by atoms with Crippen molar-refractivity contribution < 1.29 is 0 Å². The average Bonchev–Trinajstić information content (AvgIpc) is 2.91. The van der Waals surface area contributed by atoms with Crippen molar-refractivity contribution in [3.63, 3.8) is 0 Å². The normalized spacial score (nSPS) is 10.8. The molecule has 2 N–H and O–H groups in total. The average molecular weight is 293 g/mol. The van der Waals surface area contributed by atoms with Crippen LogP contribution < -0.4 is 5.73 Å². The van der Waals surface area contributed by atoms with Crippen molar-refractivity contribution in [2.45, 2.75) is 26.7 Å². The number of aryl methyl sites for hydroxylation is 2. The first-order valence-corrected chi connectivity index (χ1v) is 7.41. The summed E-state index contributed by atoms with van der Waals surface area (Å²) in [6.45, 7) is 4.15. The summed E-state index contributed by atoms with van der Waals surface area (Å²) in [5.41, 5.74) is 10.8. The molecule has 112 valence electrons. The van der Waals surface area contributed by atoms with Crippen LogP contribution in [0.4, 0.5) is 5.82 Å². The molecule has 0 bridgehead atoms. The largest absolute Gasteiger partial charge is 0.384 e. The summed E-state index contributed by atoms with van der Waals surface area (Å²) >= 11 is 0. The monoisotopic (exact) mass is 293 g/mol. The van der Waals surface area contributed by atoms with E-state index in [1.54, 1.807) is 12.3 Å². The van der Waals surface area contributed by atoms with Crippen molar-refractivity contribution in [1.29, 1.82) is 0 Å². The topological polar surface area (TPSA) is 69.6 Å². The highest BCUT2D eigenvalue weighted by atomic mass is 15.3. The van der Waals surface area contributed by atoms with Gasteiger partial charge in [0.05, 0.1) is 11.4 Å². The lowest BCUT2D eigenvalue weighted by atomic mass is 10.1. The number of anilines is 1. The molecule has 5 heteroatoms. The second kappa shape index (κ2) is 5.97. The number of rotatable bonds is 4. The van der Waals surface area contributed by atoms with Gasteiger partial charge in [0, 0.05) is 35.4 Å². The van der Waals surface area contributed by atoms with E-state index < -0.39 is 0 Å². The highest BCUT2D eigenvalue weighted by molar-refractivity contribution is 5.65. The Hall–Kier alpha value is -2.69. The molecule has 0 aliphatic carbocycles. The van der Waals surface area contributed by atoms with Gasteiger partial charge in [0.15, 0.2) is 0 Å². The number of nitrogens with zero attached hydrogens (tertiary/aromatic N) is 4. The van der Waals surface area contributed by atoms with Crippen LogP contribution in [0.2, 0.25) is 0 Å². The van der Waals surface area contributed by atoms with Crippen molar-refractivity contribution in [2.75, 3.05) is 5.73 Å². The van der Waals surface area contributed by atoms with E-state index in [2.05, 4.69) is 28.1 Å². The number of hydrogen-bond acceptors (Lipinski definition) is 4. The lowest BCUT2D eigenvalue weighted by Crippen LogP contribution is -1.98. The molecule has 0 spiro atoms. The van der Waals surface area contributed by atoms with E-state index in [1.807, 2.05) is 36.1 Å². The van der Waals surface area contributed by atoms with Crippen LogP contribution in [-0.4, -0.2) is 19.7 Å². The quantitative estimate of drug-likeness (QED) is 0.802. The van der Waals surface area contributed by atoms with Gasteiger partial charge >= 0.3 is 0 Å². The molecule has 0 unspecified atom stereocenters. The Bertz CT molecular complexity index is 774. The number of aromatic nitrogens is 4. The molecule has 3 aromatic rings. The molecule has 0 amide bonds. The summed E-state index contributed by atoms with van der Waals surface area (Å²) < 4.78 is 1.89. The minimum atomic E-state index is 0.520. The Labute approximate surface area is 129 Å². The zero-order chi connectivity index (χ0) is 15.5. The molecule has 0 fully saturated rings. The SMILES string of the molecule is CCCc1cc(-n2cc(-c3ccc(N)nc3)c(C)n2)ccn1. The van der Waals surface area contributed by atoms with Gasteiger partial charge in [-0.2, -0.15) is 5.10 Å². The van der Waals surface area contributed by atoms with Crippen molar-refractivity contribution in [3.05, 3.63) is 54.2 Å². The van der Waals surface area contributed by atoms with Crippen LogP contribution in [0, 0.1) is 6.92 Å². The van der Waals surface area contributed by atoms with E-state index >= 15 is 0 Å². The van der Waals surface area contributed by atoms with Crippen LogP contribution in [0.1, 0.15) is 24.7 Å². The first-order chi connectivity index (χ1) is 10.7. The van der Waals surface area contributed by atoms with Crippen LogP contribution in [0.25, 0.3) is 16.8 Å². The third-order valence-electron chi connectivity index (χ3n) is 3.57. The highest BCUT2D eigenvalue weighted by Crippen LogP contribution is 2.24. The molecule has 0 atom stereocenters. The van der Waals surface area contributed by atoms with Crippen LogP contribution >= 0.6 is 0 Å². The van der Waals surface area contributed by atoms with E-state index in [1.165, 1.54) is 0 Å². The van der Waals surface area contributed by atoms with Gasteiger partial charge in [-0.1, -0.05) is 13.3 Å². The van der Waals surface area contributed by atoms with Crippen molar-refractivity contribution in [1.82, 2.24) is 19.7 Å². The summed E-state index contributed by atoms with van der Waals surface area (Å²) in [6, 6.07) is 7.82. The summed E-state index contributed by atoms with van der Waals surface area (Å²) in [4.78, 5) is 8.53. The fourth-order valence-electron chi connectivity index (χ4n) is 2.44. The number of hydrogen-bond donors (Lipinski definition) is 1. The zero-order valence-electron chi connectivity index (χ0n) is 12.8. The molecule has 0 aromatic carbocycles. The molecule has 22 heavy (non-hydrogen) atoms. The van der Waals surface area contributed by atoms with Crippen LogP contribution in [0.5, 0.6) is 0 Å². The Kier molecular flexibility index (Phi) is 3.87. The first kappa shape index (κ1) is 14.3. The van der Waals surface area contributed by atoms with E-state index in [0.717, 1.165) is 41.0 Å². The Morgan fingerprint density at radius 1 is 1.18 bits per heavy atom. The van der Waals surface area contributed by atoms with Crippen LogP contribution in [0.3, 0.4) is 0 Å². The summed E-state index contributed by atoms with van der Waals surface area (Å²) in [7, 11) is 0. The number of nitrogens with two attached hydrogens (primary N) is 1. The molecule has 3 rings (SSSR count). The molecule has 0 aliphatic rings.